The van der Waals surface area contributed by atoms with E-state index in [0.717, 1.165) is 29.5 Å². The van der Waals surface area contributed by atoms with Gasteiger partial charge in [-0.1, -0.05) is 30.0 Å². The largest absolute Gasteiger partial charge is 0.372 e. The van der Waals surface area contributed by atoms with Crippen molar-refractivity contribution in [3.8, 4) is 5.69 Å². The Morgan fingerprint density at radius 3 is 2.50 bits per heavy atom. The first-order valence-corrected chi connectivity index (χ1v) is 10.2. The number of nitrogens with zero attached hydrogens (tertiary/aromatic N) is 4. The van der Waals surface area contributed by atoms with Gasteiger partial charge in [0.1, 0.15) is 5.82 Å². The molecule has 1 saturated heterocycles. The summed E-state index contributed by atoms with van der Waals surface area (Å²) in [7, 11) is 0. The fourth-order valence-corrected chi connectivity index (χ4v) is 4.26. The lowest BCUT2D eigenvalue weighted by atomic mass is 10.2. The molecule has 4 rings (SSSR count). The molecule has 0 radical (unpaired) electrons. The molecule has 1 saturated carbocycles. The molecule has 1 aliphatic heterocycles. The lowest BCUT2D eigenvalue weighted by Crippen LogP contribution is -2.48. The van der Waals surface area contributed by atoms with Gasteiger partial charge in [0, 0.05) is 24.7 Å². The first kappa shape index (κ1) is 17.5. The van der Waals surface area contributed by atoms with Crippen LogP contribution in [0.4, 0.5) is 0 Å². The number of carbonyl (C=O) groups excluding carboxylic acids is 1. The average molecular weight is 372 g/mol. The van der Waals surface area contributed by atoms with E-state index in [4.69, 9.17) is 4.74 Å². The summed E-state index contributed by atoms with van der Waals surface area (Å²) in [5, 5.41) is 9.59. The average Bonchev–Trinajstić information content (AvgIpc) is 3.39. The van der Waals surface area contributed by atoms with E-state index >= 15 is 0 Å². The van der Waals surface area contributed by atoms with Gasteiger partial charge in [-0.15, -0.1) is 10.2 Å². The zero-order chi connectivity index (χ0) is 18.1. The van der Waals surface area contributed by atoms with E-state index in [0.29, 0.717) is 24.8 Å². The second kappa shape index (κ2) is 7.40. The van der Waals surface area contributed by atoms with Crippen molar-refractivity contribution in [2.75, 3.05) is 18.8 Å². The number of para-hydroxylation sites is 1. The Kier molecular flexibility index (Phi) is 5.00. The van der Waals surface area contributed by atoms with Crippen LogP contribution in [0.15, 0.2) is 35.5 Å². The maximum absolute atomic E-state index is 12.7. The number of benzene rings is 1. The second-order valence-electron chi connectivity index (χ2n) is 7.13. The van der Waals surface area contributed by atoms with Gasteiger partial charge >= 0.3 is 0 Å². The molecule has 2 heterocycles. The third-order valence-corrected chi connectivity index (χ3v) is 5.63. The zero-order valence-electron chi connectivity index (χ0n) is 15.2. The van der Waals surface area contributed by atoms with Gasteiger partial charge in [-0.25, -0.2) is 0 Å². The quantitative estimate of drug-likeness (QED) is 0.756. The highest BCUT2D eigenvalue weighted by Crippen LogP contribution is 2.41. The predicted molar refractivity (Wildman–Crippen MR) is 101 cm³/mol. The number of hydrogen-bond donors (Lipinski definition) is 0. The molecular weight excluding hydrogens is 348 g/mol. The topological polar surface area (TPSA) is 60.2 Å². The number of morpholine rings is 1. The number of amides is 1. The number of hydrogen-bond acceptors (Lipinski definition) is 5. The standard InChI is InChI=1S/C19H24N4O2S/c1-13-10-22(11-14(2)25-13)17(24)12-26-19-21-20-18(15-8-9-15)23(19)16-6-4-3-5-7-16/h3-7,13-15H,8-12H2,1-2H3/t13-,14+. The van der Waals surface area contributed by atoms with Crippen molar-refractivity contribution < 1.29 is 9.53 Å². The molecule has 2 atom stereocenters. The minimum Gasteiger partial charge on any atom is -0.372 e. The molecule has 1 aromatic carbocycles. The Hall–Kier alpha value is -1.86. The van der Waals surface area contributed by atoms with E-state index in [1.807, 2.05) is 36.9 Å². The van der Waals surface area contributed by atoms with Gasteiger partial charge in [0.2, 0.25) is 5.91 Å². The van der Waals surface area contributed by atoms with E-state index in [1.54, 1.807) is 0 Å². The van der Waals surface area contributed by atoms with Crippen LogP contribution in [0.25, 0.3) is 5.69 Å². The molecule has 7 heteroatoms. The number of carbonyl (C=O) groups is 1. The summed E-state index contributed by atoms with van der Waals surface area (Å²) in [4.78, 5) is 14.6. The summed E-state index contributed by atoms with van der Waals surface area (Å²) in [5.74, 6) is 2.01. The van der Waals surface area contributed by atoms with Crippen LogP contribution >= 0.6 is 11.8 Å². The number of thioether (sulfide) groups is 1. The van der Waals surface area contributed by atoms with Crippen LogP contribution in [0.3, 0.4) is 0 Å². The van der Waals surface area contributed by atoms with Crippen LogP contribution in [0, 0.1) is 0 Å². The summed E-state index contributed by atoms with van der Waals surface area (Å²) < 4.78 is 7.83. The molecule has 6 nitrogen and oxygen atoms in total. The van der Waals surface area contributed by atoms with Crippen LogP contribution in [-0.2, 0) is 9.53 Å². The van der Waals surface area contributed by atoms with Crippen molar-refractivity contribution in [2.24, 2.45) is 0 Å². The summed E-state index contributed by atoms with van der Waals surface area (Å²) in [6.45, 7) is 5.33. The maximum atomic E-state index is 12.7. The zero-order valence-corrected chi connectivity index (χ0v) is 16.0. The van der Waals surface area contributed by atoms with Crippen molar-refractivity contribution in [3.63, 3.8) is 0 Å². The molecular formula is C19H24N4O2S. The number of rotatable bonds is 5. The second-order valence-corrected chi connectivity index (χ2v) is 8.07. The molecule has 1 aromatic heterocycles. The SMILES string of the molecule is C[C@@H]1CN(C(=O)CSc2nnc(C3CC3)n2-c2ccccc2)C[C@H](C)O1. The Morgan fingerprint density at radius 1 is 1.15 bits per heavy atom. The fraction of sp³-hybridized carbons (Fsp3) is 0.526. The Bertz CT molecular complexity index is 765. The minimum absolute atomic E-state index is 0.0853. The molecule has 1 aliphatic carbocycles. The van der Waals surface area contributed by atoms with Crippen LogP contribution < -0.4 is 0 Å². The highest BCUT2D eigenvalue weighted by Gasteiger charge is 2.31. The molecule has 0 N–H and O–H groups in total. The van der Waals surface area contributed by atoms with E-state index in [1.165, 1.54) is 11.8 Å². The maximum Gasteiger partial charge on any atom is 0.233 e. The van der Waals surface area contributed by atoms with E-state index in [9.17, 15) is 4.79 Å². The molecule has 2 fully saturated rings. The van der Waals surface area contributed by atoms with Crippen LogP contribution in [0.2, 0.25) is 0 Å². The number of ether oxygens (including phenoxy) is 1. The van der Waals surface area contributed by atoms with E-state index < -0.39 is 0 Å². The van der Waals surface area contributed by atoms with Gasteiger partial charge in [0.05, 0.1) is 18.0 Å². The molecule has 0 spiro atoms. The Labute approximate surface area is 157 Å². The molecule has 138 valence electrons. The highest BCUT2D eigenvalue weighted by molar-refractivity contribution is 7.99. The molecule has 1 amide bonds. The van der Waals surface area contributed by atoms with Gasteiger partial charge in [0.15, 0.2) is 5.16 Å². The molecule has 2 aliphatic rings. The van der Waals surface area contributed by atoms with Crippen molar-refractivity contribution in [1.29, 1.82) is 0 Å². The van der Waals surface area contributed by atoms with Gasteiger partial charge in [0.25, 0.3) is 0 Å². The summed E-state index contributed by atoms with van der Waals surface area (Å²) >= 11 is 1.47. The highest BCUT2D eigenvalue weighted by atomic mass is 32.2. The smallest absolute Gasteiger partial charge is 0.233 e. The first-order valence-electron chi connectivity index (χ1n) is 9.18. The monoisotopic (exact) mass is 372 g/mol. The number of aromatic nitrogens is 3. The Morgan fingerprint density at radius 2 is 1.85 bits per heavy atom. The molecule has 2 aromatic rings. The Balaban J connectivity index is 1.49. The van der Waals surface area contributed by atoms with Crippen molar-refractivity contribution in [1.82, 2.24) is 19.7 Å². The molecule has 0 bridgehead atoms. The first-order chi connectivity index (χ1) is 12.6. The van der Waals surface area contributed by atoms with E-state index in [-0.39, 0.29) is 18.1 Å². The van der Waals surface area contributed by atoms with Gasteiger partial charge in [-0.05, 0) is 38.8 Å². The fourth-order valence-electron chi connectivity index (χ4n) is 3.40. The van der Waals surface area contributed by atoms with Crippen molar-refractivity contribution in [2.45, 2.75) is 50.0 Å². The summed E-state index contributed by atoms with van der Waals surface area (Å²) in [5.41, 5.74) is 1.06. The third kappa shape index (κ3) is 3.78. The molecule has 26 heavy (non-hydrogen) atoms. The van der Waals surface area contributed by atoms with Crippen LogP contribution in [-0.4, -0.2) is 56.6 Å². The van der Waals surface area contributed by atoms with Crippen molar-refractivity contribution >= 4 is 17.7 Å². The van der Waals surface area contributed by atoms with Gasteiger partial charge in [-0.2, -0.15) is 0 Å². The lowest BCUT2D eigenvalue weighted by Gasteiger charge is -2.35. The molecule has 0 unspecified atom stereocenters. The van der Waals surface area contributed by atoms with Crippen LogP contribution in [0.1, 0.15) is 38.4 Å². The third-order valence-electron chi connectivity index (χ3n) is 4.71. The normalized spacial score (nSPS) is 23.2. The predicted octanol–water partition coefficient (Wildman–Crippen LogP) is 2.87. The van der Waals surface area contributed by atoms with Gasteiger partial charge in [-0.3, -0.25) is 9.36 Å². The van der Waals surface area contributed by atoms with Gasteiger partial charge < -0.3 is 9.64 Å². The minimum atomic E-state index is 0.0853. The summed E-state index contributed by atoms with van der Waals surface area (Å²) in [6, 6.07) is 10.2. The van der Waals surface area contributed by atoms with Crippen molar-refractivity contribution in [3.05, 3.63) is 36.2 Å². The van der Waals surface area contributed by atoms with Crippen LogP contribution in [0.5, 0.6) is 0 Å². The lowest BCUT2D eigenvalue weighted by molar-refractivity contribution is -0.140. The summed E-state index contributed by atoms with van der Waals surface area (Å²) in [6.07, 6.45) is 2.50. The van der Waals surface area contributed by atoms with E-state index in [2.05, 4.69) is 26.9 Å².